The third-order valence-electron chi connectivity index (χ3n) is 5.87. The molecular weight excluding hydrogens is 418 g/mol. The summed E-state index contributed by atoms with van der Waals surface area (Å²) >= 11 is 0. The number of amides is 1. The van der Waals surface area contributed by atoms with Gasteiger partial charge in [0.2, 0.25) is 17.7 Å². The first-order valence-electron chi connectivity index (χ1n) is 11.3. The van der Waals surface area contributed by atoms with Gasteiger partial charge in [-0.25, -0.2) is 15.0 Å². The predicted molar refractivity (Wildman–Crippen MR) is 128 cm³/mol. The number of aryl methyl sites for hydroxylation is 2. The summed E-state index contributed by atoms with van der Waals surface area (Å²) in [6.45, 7) is 9.05. The van der Waals surface area contributed by atoms with Crippen molar-refractivity contribution in [2.45, 2.75) is 46.3 Å². The molecule has 1 aromatic carbocycles. The second kappa shape index (κ2) is 9.60. The van der Waals surface area contributed by atoms with Crippen molar-refractivity contribution in [2.24, 2.45) is 5.92 Å². The van der Waals surface area contributed by atoms with Gasteiger partial charge in [-0.05, 0) is 55.5 Å². The van der Waals surface area contributed by atoms with Crippen LogP contribution in [0.5, 0.6) is 11.6 Å². The van der Waals surface area contributed by atoms with Gasteiger partial charge < -0.3 is 19.7 Å². The van der Waals surface area contributed by atoms with Gasteiger partial charge in [-0.3, -0.25) is 4.79 Å². The van der Waals surface area contributed by atoms with Crippen LogP contribution in [0.1, 0.15) is 31.7 Å². The Morgan fingerprint density at radius 3 is 2.61 bits per heavy atom. The van der Waals surface area contributed by atoms with Crippen LogP contribution in [0.2, 0.25) is 0 Å². The van der Waals surface area contributed by atoms with Gasteiger partial charge in [0.15, 0.2) is 0 Å². The lowest BCUT2D eigenvalue weighted by molar-refractivity contribution is -0.132. The lowest BCUT2D eigenvalue weighted by Gasteiger charge is -2.27. The summed E-state index contributed by atoms with van der Waals surface area (Å²) in [5, 5.41) is 5.19. The lowest BCUT2D eigenvalue weighted by atomic mass is 10.0. The predicted octanol–water partition coefficient (Wildman–Crippen LogP) is 3.77. The molecule has 0 spiro atoms. The molecule has 1 fully saturated rings. The van der Waals surface area contributed by atoms with Gasteiger partial charge in [0, 0.05) is 35.9 Å². The Bertz CT molecular complexity index is 1130. The number of rotatable bonds is 7. The van der Waals surface area contributed by atoms with E-state index in [4.69, 9.17) is 9.47 Å². The topological polar surface area (TPSA) is 89.5 Å². The van der Waals surface area contributed by atoms with Crippen molar-refractivity contribution in [1.82, 2.24) is 19.9 Å². The number of aromatic nitrogens is 3. The summed E-state index contributed by atoms with van der Waals surface area (Å²) < 4.78 is 11.6. The number of carbonyl (C=O) groups excluding carboxylic acids is 1. The van der Waals surface area contributed by atoms with Crippen molar-refractivity contribution in [3.63, 3.8) is 0 Å². The minimum Gasteiger partial charge on any atom is -0.497 e. The molecule has 1 aliphatic heterocycles. The molecule has 1 saturated heterocycles. The number of fused-ring (bicyclic) bond motifs is 1. The average molecular weight is 450 g/mol. The average Bonchev–Trinajstić information content (AvgIpc) is 3.24. The zero-order chi connectivity index (χ0) is 23.5. The summed E-state index contributed by atoms with van der Waals surface area (Å²) in [5.41, 5.74) is 1.74. The van der Waals surface area contributed by atoms with E-state index in [1.807, 2.05) is 62.9 Å². The van der Waals surface area contributed by atoms with E-state index in [9.17, 15) is 4.79 Å². The van der Waals surface area contributed by atoms with Crippen LogP contribution >= 0.6 is 0 Å². The number of nitrogens with one attached hydrogen (secondary N) is 1. The number of anilines is 1. The van der Waals surface area contributed by atoms with Crippen LogP contribution in [0, 0.1) is 19.8 Å². The van der Waals surface area contributed by atoms with E-state index in [1.54, 1.807) is 13.3 Å². The van der Waals surface area contributed by atoms with Gasteiger partial charge in [-0.1, -0.05) is 13.8 Å². The first-order valence-corrected chi connectivity index (χ1v) is 11.3. The maximum atomic E-state index is 13.4. The largest absolute Gasteiger partial charge is 0.497 e. The number of hydrogen-bond acceptors (Lipinski definition) is 7. The molecule has 2 aromatic heterocycles. The summed E-state index contributed by atoms with van der Waals surface area (Å²) in [5.74, 6) is 1.97. The van der Waals surface area contributed by atoms with Crippen LogP contribution in [-0.4, -0.2) is 58.1 Å². The molecule has 33 heavy (non-hydrogen) atoms. The van der Waals surface area contributed by atoms with Crippen molar-refractivity contribution in [2.75, 3.05) is 25.5 Å². The SMILES string of the molecule is COc1ccc2c(O[C@@H]3CCN(C(=O)C(Nc4nc(C)cc(C)n4)C(C)C)C3)nccc2c1. The third kappa shape index (κ3) is 5.16. The van der Waals surface area contributed by atoms with Crippen molar-refractivity contribution in [1.29, 1.82) is 0 Å². The smallest absolute Gasteiger partial charge is 0.245 e. The first kappa shape index (κ1) is 22.8. The number of methoxy groups -OCH3 is 1. The highest BCUT2D eigenvalue weighted by molar-refractivity contribution is 5.88. The van der Waals surface area contributed by atoms with Gasteiger partial charge in [-0.15, -0.1) is 0 Å². The Kier molecular flexibility index (Phi) is 6.62. The number of ether oxygens (including phenoxy) is 2. The molecule has 1 aliphatic rings. The Hall–Kier alpha value is -3.42. The molecule has 3 aromatic rings. The fourth-order valence-corrected chi connectivity index (χ4v) is 4.17. The fraction of sp³-hybridized carbons (Fsp3) is 0.440. The molecule has 0 saturated carbocycles. The highest BCUT2D eigenvalue weighted by Crippen LogP contribution is 2.29. The molecule has 0 aliphatic carbocycles. The molecule has 2 atom stereocenters. The number of likely N-dealkylation sites (tertiary alicyclic amines) is 1. The van der Waals surface area contributed by atoms with Crippen molar-refractivity contribution in [3.05, 3.63) is 47.9 Å². The Morgan fingerprint density at radius 1 is 1.15 bits per heavy atom. The molecule has 8 heteroatoms. The van der Waals surface area contributed by atoms with Gasteiger partial charge in [0.05, 0.1) is 13.7 Å². The number of nitrogens with zero attached hydrogens (tertiary/aromatic N) is 4. The number of carbonyl (C=O) groups is 1. The van der Waals surface area contributed by atoms with E-state index in [-0.39, 0.29) is 17.9 Å². The van der Waals surface area contributed by atoms with E-state index >= 15 is 0 Å². The van der Waals surface area contributed by atoms with E-state index in [1.165, 1.54) is 0 Å². The molecule has 174 valence electrons. The molecule has 3 heterocycles. The van der Waals surface area contributed by atoms with E-state index in [0.29, 0.717) is 24.9 Å². The summed E-state index contributed by atoms with van der Waals surface area (Å²) in [7, 11) is 1.65. The Labute approximate surface area is 194 Å². The number of benzene rings is 1. The minimum absolute atomic E-state index is 0.0366. The highest BCUT2D eigenvalue weighted by atomic mass is 16.5. The monoisotopic (exact) mass is 449 g/mol. The summed E-state index contributed by atoms with van der Waals surface area (Å²) in [6, 6.07) is 9.25. The maximum Gasteiger partial charge on any atom is 0.245 e. The number of pyridine rings is 1. The van der Waals surface area contributed by atoms with Crippen LogP contribution in [0.15, 0.2) is 36.5 Å². The Balaban J connectivity index is 1.45. The molecule has 1 N–H and O–H groups in total. The normalized spacial score (nSPS) is 16.8. The number of hydrogen-bond donors (Lipinski definition) is 1. The van der Waals surface area contributed by atoms with E-state index < -0.39 is 6.04 Å². The van der Waals surface area contributed by atoms with Crippen molar-refractivity contribution < 1.29 is 14.3 Å². The molecule has 1 unspecified atom stereocenters. The van der Waals surface area contributed by atoms with Crippen molar-refractivity contribution >= 4 is 22.6 Å². The van der Waals surface area contributed by atoms with Gasteiger partial charge >= 0.3 is 0 Å². The highest BCUT2D eigenvalue weighted by Gasteiger charge is 2.34. The summed E-state index contributed by atoms with van der Waals surface area (Å²) in [6.07, 6.45) is 2.38. The summed E-state index contributed by atoms with van der Waals surface area (Å²) in [4.78, 5) is 28.5. The van der Waals surface area contributed by atoms with Crippen LogP contribution in [0.25, 0.3) is 10.8 Å². The quantitative estimate of drug-likeness (QED) is 0.587. The fourth-order valence-electron chi connectivity index (χ4n) is 4.17. The Morgan fingerprint density at radius 2 is 1.91 bits per heavy atom. The first-order chi connectivity index (χ1) is 15.8. The van der Waals surface area contributed by atoms with Crippen LogP contribution in [0.4, 0.5) is 5.95 Å². The van der Waals surface area contributed by atoms with Crippen molar-refractivity contribution in [3.8, 4) is 11.6 Å². The second-order valence-corrected chi connectivity index (χ2v) is 8.86. The minimum atomic E-state index is -0.409. The second-order valence-electron chi connectivity index (χ2n) is 8.86. The molecule has 4 rings (SSSR count). The molecule has 1 amide bonds. The molecule has 0 bridgehead atoms. The molecule has 0 radical (unpaired) electrons. The van der Waals surface area contributed by atoms with Gasteiger partial charge in [-0.2, -0.15) is 0 Å². The third-order valence-corrected chi connectivity index (χ3v) is 5.87. The zero-order valence-corrected chi connectivity index (χ0v) is 19.8. The zero-order valence-electron chi connectivity index (χ0n) is 19.8. The van der Waals surface area contributed by atoms with E-state index in [2.05, 4.69) is 20.3 Å². The lowest BCUT2D eigenvalue weighted by Crippen LogP contribution is -2.45. The van der Waals surface area contributed by atoms with E-state index in [0.717, 1.165) is 34.3 Å². The van der Waals surface area contributed by atoms with Gasteiger partial charge in [0.1, 0.15) is 17.9 Å². The molecule has 8 nitrogen and oxygen atoms in total. The van der Waals surface area contributed by atoms with Gasteiger partial charge in [0.25, 0.3) is 0 Å². The molecular formula is C25H31N5O3. The van der Waals surface area contributed by atoms with Crippen LogP contribution < -0.4 is 14.8 Å². The standard InChI is InChI=1S/C25H31N5O3/c1-15(2)22(29-25-27-16(3)12-17(4)28-25)24(31)30-11-9-20(14-30)33-23-21-7-6-19(32-5)13-18(21)8-10-26-23/h6-8,10,12-13,15,20,22H,9,11,14H2,1-5H3,(H,27,28,29)/t20-,22?/m1/s1. The maximum absolute atomic E-state index is 13.4. The van der Waals surface area contributed by atoms with Crippen LogP contribution in [0.3, 0.4) is 0 Å². The van der Waals surface area contributed by atoms with Crippen LogP contribution in [-0.2, 0) is 4.79 Å².